The van der Waals surface area contributed by atoms with E-state index in [1.165, 1.54) is 5.56 Å². The molecule has 130 valence electrons. The Morgan fingerprint density at radius 1 is 1.33 bits per heavy atom. The summed E-state index contributed by atoms with van der Waals surface area (Å²) in [7, 11) is 1.94. The highest BCUT2D eigenvalue weighted by Crippen LogP contribution is 2.31. The van der Waals surface area contributed by atoms with Gasteiger partial charge in [-0.2, -0.15) is 5.10 Å². The number of ether oxygens (including phenoxy) is 1. The Balaban J connectivity index is 1.57. The highest BCUT2D eigenvalue weighted by Gasteiger charge is 2.28. The predicted molar refractivity (Wildman–Crippen MR) is 94.2 cm³/mol. The smallest absolute Gasteiger partial charge is 0.125 e. The summed E-state index contributed by atoms with van der Waals surface area (Å²) in [6, 6.07) is 6.45. The molecular formula is C19H27N3O2. The molecule has 1 aliphatic rings. The Bertz CT molecular complexity index is 663. The second-order valence-electron chi connectivity index (χ2n) is 6.79. The fourth-order valence-electron chi connectivity index (χ4n) is 3.56. The third-order valence-corrected chi connectivity index (χ3v) is 4.75. The topological polar surface area (TPSA) is 50.5 Å². The van der Waals surface area contributed by atoms with E-state index in [0.29, 0.717) is 19.2 Å². The third-order valence-electron chi connectivity index (χ3n) is 4.75. The van der Waals surface area contributed by atoms with Crippen molar-refractivity contribution < 1.29 is 9.84 Å². The lowest BCUT2D eigenvalue weighted by Gasteiger charge is -2.26. The van der Waals surface area contributed by atoms with Crippen molar-refractivity contribution >= 4 is 0 Å². The molecule has 0 amide bonds. The summed E-state index contributed by atoms with van der Waals surface area (Å²) in [5, 5.41) is 14.7. The largest absolute Gasteiger partial charge is 0.490 e. The molecule has 1 aromatic heterocycles. The highest BCUT2D eigenvalue weighted by atomic mass is 16.5. The Morgan fingerprint density at radius 2 is 2.08 bits per heavy atom. The van der Waals surface area contributed by atoms with Gasteiger partial charge in [-0.05, 0) is 44.4 Å². The lowest BCUT2D eigenvalue weighted by Crippen LogP contribution is -2.35. The van der Waals surface area contributed by atoms with Crippen molar-refractivity contribution in [3.05, 3.63) is 47.3 Å². The zero-order valence-corrected chi connectivity index (χ0v) is 14.8. The minimum absolute atomic E-state index is 0.321. The molecule has 1 aliphatic heterocycles. The molecule has 1 fully saturated rings. The SMILES string of the molecule is Cc1cccc(C)c1OCC(O)CN1CCCC1c1cnn(C)c1. The highest BCUT2D eigenvalue weighted by molar-refractivity contribution is 5.39. The zero-order chi connectivity index (χ0) is 17.1. The molecule has 0 spiro atoms. The number of rotatable bonds is 6. The molecule has 24 heavy (non-hydrogen) atoms. The Labute approximate surface area is 143 Å². The molecule has 2 aromatic rings. The Hall–Kier alpha value is -1.85. The summed E-state index contributed by atoms with van der Waals surface area (Å²) in [6.45, 7) is 6.04. The van der Waals surface area contributed by atoms with Crippen LogP contribution in [0.2, 0.25) is 0 Å². The molecular weight excluding hydrogens is 302 g/mol. The fourth-order valence-corrected chi connectivity index (χ4v) is 3.56. The summed E-state index contributed by atoms with van der Waals surface area (Å²) in [4.78, 5) is 2.34. The van der Waals surface area contributed by atoms with E-state index in [9.17, 15) is 5.11 Å². The van der Waals surface area contributed by atoms with Crippen molar-refractivity contribution in [2.75, 3.05) is 19.7 Å². The van der Waals surface area contributed by atoms with E-state index in [2.05, 4.69) is 16.2 Å². The normalized spacial score (nSPS) is 19.6. The maximum absolute atomic E-state index is 10.4. The maximum Gasteiger partial charge on any atom is 0.125 e. The van der Waals surface area contributed by atoms with Gasteiger partial charge in [-0.25, -0.2) is 0 Å². The minimum atomic E-state index is -0.499. The van der Waals surface area contributed by atoms with Crippen LogP contribution in [0, 0.1) is 13.8 Å². The first-order valence-electron chi connectivity index (χ1n) is 8.64. The number of aryl methyl sites for hydroxylation is 3. The molecule has 2 unspecified atom stereocenters. The molecule has 2 atom stereocenters. The number of aliphatic hydroxyl groups is 1. The summed E-state index contributed by atoms with van der Waals surface area (Å²) < 4.78 is 7.73. The van der Waals surface area contributed by atoms with Gasteiger partial charge < -0.3 is 9.84 Å². The molecule has 1 N–H and O–H groups in total. The van der Waals surface area contributed by atoms with Gasteiger partial charge in [0.1, 0.15) is 18.5 Å². The van der Waals surface area contributed by atoms with Gasteiger partial charge in [0.05, 0.1) is 6.20 Å². The first-order valence-corrected chi connectivity index (χ1v) is 8.64. The van der Waals surface area contributed by atoms with Crippen LogP contribution < -0.4 is 4.74 Å². The van der Waals surface area contributed by atoms with Crippen molar-refractivity contribution in [1.82, 2.24) is 14.7 Å². The van der Waals surface area contributed by atoms with E-state index in [1.807, 2.05) is 50.0 Å². The van der Waals surface area contributed by atoms with Gasteiger partial charge in [-0.3, -0.25) is 9.58 Å². The molecule has 0 aliphatic carbocycles. The van der Waals surface area contributed by atoms with E-state index < -0.39 is 6.10 Å². The van der Waals surface area contributed by atoms with Gasteiger partial charge >= 0.3 is 0 Å². The number of nitrogens with zero attached hydrogens (tertiary/aromatic N) is 3. The molecule has 1 saturated heterocycles. The van der Waals surface area contributed by atoms with Gasteiger partial charge in [-0.15, -0.1) is 0 Å². The average Bonchev–Trinajstić information content (AvgIpc) is 3.15. The lowest BCUT2D eigenvalue weighted by molar-refractivity contribution is 0.0634. The Morgan fingerprint density at radius 3 is 2.75 bits per heavy atom. The number of aromatic nitrogens is 2. The number of likely N-dealkylation sites (tertiary alicyclic amines) is 1. The zero-order valence-electron chi connectivity index (χ0n) is 14.8. The fraction of sp³-hybridized carbons (Fsp3) is 0.526. The van der Waals surface area contributed by atoms with Gasteiger partial charge in [0.2, 0.25) is 0 Å². The summed E-state index contributed by atoms with van der Waals surface area (Å²) >= 11 is 0. The Kier molecular flexibility index (Phi) is 5.21. The molecule has 0 saturated carbocycles. The lowest BCUT2D eigenvalue weighted by atomic mass is 10.1. The van der Waals surface area contributed by atoms with Crippen LogP contribution in [0.15, 0.2) is 30.6 Å². The van der Waals surface area contributed by atoms with Crippen molar-refractivity contribution in [1.29, 1.82) is 0 Å². The molecule has 0 bridgehead atoms. The van der Waals surface area contributed by atoms with Gasteiger partial charge in [0, 0.05) is 31.4 Å². The summed E-state index contributed by atoms with van der Waals surface area (Å²) in [6.07, 6.45) is 5.78. The molecule has 1 aromatic carbocycles. The maximum atomic E-state index is 10.4. The quantitative estimate of drug-likeness (QED) is 0.885. The van der Waals surface area contributed by atoms with Crippen LogP contribution in [-0.2, 0) is 7.05 Å². The number of β-amino-alcohol motifs (C(OH)–C–C–N with tert-alkyl or cyclic N) is 1. The third kappa shape index (κ3) is 3.79. The number of para-hydroxylation sites is 1. The van der Waals surface area contributed by atoms with Crippen molar-refractivity contribution in [3.63, 3.8) is 0 Å². The second kappa shape index (κ2) is 7.36. The van der Waals surface area contributed by atoms with Crippen LogP contribution in [0.25, 0.3) is 0 Å². The molecule has 5 heteroatoms. The van der Waals surface area contributed by atoms with Crippen LogP contribution in [0.4, 0.5) is 0 Å². The van der Waals surface area contributed by atoms with Crippen LogP contribution >= 0.6 is 0 Å². The van der Waals surface area contributed by atoms with E-state index in [1.54, 1.807) is 0 Å². The number of hydrogen-bond donors (Lipinski definition) is 1. The van der Waals surface area contributed by atoms with Crippen molar-refractivity contribution in [2.24, 2.45) is 7.05 Å². The van der Waals surface area contributed by atoms with Gasteiger partial charge in [0.15, 0.2) is 0 Å². The van der Waals surface area contributed by atoms with E-state index >= 15 is 0 Å². The minimum Gasteiger partial charge on any atom is -0.490 e. The van der Waals surface area contributed by atoms with E-state index in [-0.39, 0.29) is 0 Å². The van der Waals surface area contributed by atoms with Crippen LogP contribution in [0.1, 0.15) is 35.6 Å². The van der Waals surface area contributed by atoms with Crippen molar-refractivity contribution in [3.8, 4) is 5.75 Å². The van der Waals surface area contributed by atoms with Crippen LogP contribution in [0.5, 0.6) is 5.75 Å². The van der Waals surface area contributed by atoms with Gasteiger partial charge in [-0.1, -0.05) is 18.2 Å². The first kappa shape index (κ1) is 17.0. The van der Waals surface area contributed by atoms with Gasteiger partial charge in [0.25, 0.3) is 0 Å². The number of hydrogen-bond acceptors (Lipinski definition) is 4. The monoisotopic (exact) mass is 329 g/mol. The standard InChI is InChI=1S/C19H27N3O2/c1-14-6-4-7-15(2)19(14)24-13-17(23)12-22-9-5-8-18(22)16-10-20-21(3)11-16/h4,6-7,10-11,17-18,23H,5,8-9,12-13H2,1-3H3. The predicted octanol–water partition coefficient (Wildman–Crippen LogP) is 2.61. The van der Waals surface area contributed by atoms with Crippen LogP contribution in [0.3, 0.4) is 0 Å². The van der Waals surface area contributed by atoms with E-state index in [4.69, 9.17) is 4.74 Å². The average molecular weight is 329 g/mol. The second-order valence-corrected chi connectivity index (χ2v) is 6.79. The number of benzene rings is 1. The number of aliphatic hydroxyl groups excluding tert-OH is 1. The first-order chi connectivity index (χ1) is 11.5. The summed E-state index contributed by atoms with van der Waals surface area (Å²) in [5.41, 5.74) is 3.45. The molecule has 5 nitrogen and oxygen atoms in total. The van der Waals surface area contributed by atoms with Crippen molar-refractivity contribution in [2.45, 2.75) is 38.8 Å². The van der Waals surface area contributed by atoms with E-state index in [0.717, 1.165) is 36.3 Å². The molecule has 2 heterocycles. The molecule has 0 radical (unpaired) electrons. The summed E-state index contributed by atoms with van der Waals surface area (Å²) in [5.74, 6) is 0.891. The van der Waals surface area contributed by atoms with Crippen LogP contribution in [-0.4, -0.2) is 45.6 Å². The molecule has 3 rings (SSSR count).